The number of nitrogens with one attached hydrogen (secondary N) is 1. The molecule has 8 nitrogen and oxygen atoms in total. The van der Waals surface area contributed by atoms with Crippen LogP contribution in [0.25, 0.3) is 11.4 Å². The third-order valence-electron chi connectivity index (χ3n) is 6.77. The van der Waals surface area contributed by atoms with E-state index in [4.69, 9.17) is 9.26 Å². The van der Waals surface area contributed by atoms with Gasteiger partial charge in [-0.05, 0) is 67.6 Å². The van der Waals surface area contributed by atoms with Crippen LogP contribution in [0, 0.1) is 0 Å². The summed E-state index contributed by atoms with van der Waals surface area (Å²) >= 11 is 0. The number of anilines is 1. The summed E-state index contributed by atoms with van der Waals surface area (Å²) in [5.74, 6) is 1.95. The van der Waals surface area contributed by atoms with Crippen LogP contribution >= 0.6 is 0 Å². The summed E-state index contributed by atoms with van der Waals surface area (Å²) in [7, 11) is 1.64. The maximum Gasteiger partial charge on any atom is 0.233 e. The first-order valence-electron chi connectivity index (χ1n) is 11.6. The molecule has 34 heavy (non-hydrogen) atoms. The summed E-state index contributed by atoms with van der Waals surface area (Å²) in [5, 5.41) is 6.90. The summed E-state index contributed by atoms with van der Waals surface area (Å²) in [5.41, 5.74) is 2.17. The highest BCUT2D eigenvalue weighted by Crippen LogP contribution is 2.50. The molecule has 176 valence electrons. The van der Waals surface area contributed by atoms with E-state index in [0.717, 1.165) is 49.1 Å². The van der Waals surface area contributed by atoms with Crippen molar-refractivity contribution >= 4 is 17.5 Å². The molecule has 1 saturated carbocycles. The Hall–Kier alpha value is -3.68. The van der Waals surface area contributed by atoms with Gasteiger partial charge in [-0.25, -0.2) is 0 Å². The van der Waals surface area contributed by atoms with E-state index in [0.29, 0.717) is 23.9 Å². The zero-order valence-corrected chi connectivity index (χ0v) is 19.4. The SMILES string of the molecule is COc1ccc(C2(C(=O)N3CCC[C@H](c4nc(-c5ccc(NC(C)=O)cc5)no4)C3)CC2)cc1. The summed E-state index contributed by atoms with van der Waals surface area (Å²) < 4.78 is 10.9. The second-order valence-electron chi connectivity index (χ2n) is 9.12. The number of likely N-dealkylation sites (tertiary alicyclic amines) is 1. The standard InChI is InChI=1S/C26H28N4O4/c1-17(31)27-21-9-5-18(6-10-21)23-28-24(34-29-23)19-4-3-15-30(16-19)25(32)26(13-14-26)20-7-11-22(33-2)12-8-20/h5-12,19H,3-4,13-16H2,1-2H3,(H,27,31)/t19-/m0/s1. The lowest BCUT2D eigenvalue weighted by Gasteiger charge is -2.34. The van der Waals surface area contributed by atoms with Crippen LogP contribution in [0.3, 0.4) is 0 Å². The number of aromatic nitrogens is 2. The number of carbonyl (C=O) groups is 2. The molecule has 0 spiro atoms. The number of carbonyl (C=O) groups excluding carboxylic acids is 2. The molecule has 0 bridgehead atoms. The van der Waals surface area contributed by atoms with Crippen LogP contribution in [-0.4, -0.2) is 47.1 Å². The lowest BCUT2D eigenvalue weighted by molar-refractivity contribution is -0.135. The summed E-state index contributed by atoms with van der Waals surface area (Å²) in [6.07, 6.45) is 3.55. The van der Waals surface area contributed by atoms with Crippen molar-refractivity contribution in [3.8, 4) is 17.1 Å². The van der Waals surface area contributed by atoms with Crippen LogP contribution in [0.4, 0.5) is 5.69 Å². The van der Waals surface area contributed by atoms with Gasteiger partial charge in [-0.2, -0.15) is 4.98 Å². The van der Waals surface area contributed by atoms with Crippen molar-refractivity contribution in [1.82, 2.24) is 15.0 Å². The average molecular weight is 461 g/mol. The van der Waals surface area contributed by atoms with Crippen LogP contribution < -0.4 is 10.1 Å². The van der Waals surface area contributed by atoms with Crippen LogP contribution in [0.15, 0.2) is 53.1 Å². The van der Waals surface area contributed by atoms with Gasteiger partial charge < -0.3 is 19.5 Å². The summed E-state index contributed by atoms with van der Waals surface area (Å²) in [4.78, 5) is 31.4. The maximum absolute atomic E-state index is 13.5. The smallest absolute Gasteiger partial charge is 0.233 e. The molecule has 1 aliphatic heterocycles. The minimum absolute atomic E-state index is 0.0178. The Kier molecular flexibility index (Phi) is 5.81. The molecule has 2 aliphatic rings. The van der Waals surface area contributed by atoms with Gasteiger partial charge in [0.2, 0.25) is 23.5 Å². The van der Waals surface area contributed by atoms with Crippen LogP contribution in [0.1, 0.15) is 50.0 Å². The fourth-order valence-corrected chi connectivity index (χ4v) is 4.75. The predicted octanol–water partition coefficient (Wildman–Crippen LogP) is 4.14. The first-order chi connectivity index (χ1) is 16.5. The number of nitrogens with zero attached hydrogens (tertiary/aromatic N) is 3. The molecule has 0 radical (unpaired) electrons. The van der Waals surface area contributed by atoms with Gasteiger partial charge in [0, 0.05) is 31.3 Å². The van der Waals surface area contributed by atoms with Gasteiger partial charge in [0.1, 0.15) is 5.75 Å². The van der Waals surface area contributed by atoms with Crippen molar-refractivity contribution in [3.63, 3.8) is 0 Å². The van der Waals surface area contributed by atoms with Crippen molar-refractivity contribution in [2.45, 2.75) is 43.9 Å². The first kappa shape index (κ1) is 22.1. The van der Waals surface area contributed by atoms with E-state index in [1.807, 2.05) is 53.4 Å². The average Bonchev–Trinajstić information content (AvgIpc) is 3.53. The monoisotopic (exact) mass is 460 g/mol. The molecule has 1 atom stereocenters. The van der Waals surface area contributed by atoms with Crippen molar-refractivity contribution < 1.29 is 18.8 Å². The molecule has 2 amide bonds. The molecule has 1 aromatic heterocycles. The van der Waals surface area contributed by atoms with E-state index >= 15 is 0 Å². The number of piperidine rings is 1. The third-order valence-corrected chi connectivity index (χ3v) is 6.77. The van der Waals surface area contributed by atoms with Gasteiger partial charge in [-0.1, -0.05) is 17.3 Å². The minimum atomic E-state index is -0.413. The van der Waals surface area contributed by atoms with Crippen LogP contribution in [0.5, 0.6) is 5.75 Å². The molecule has 8 heteroatoms. The molecule has 0 unspecified atom stereocenters. The van der Waals surface area contributed by atoms with Gasteiger partial charge in [0.15, 0.2) is 0 Å². The number of rotatable bonds is 6. The summed E-state index contributed by atoms with van der Waals surface area (Å²) in [6.45, 7) is 2.80. The predicted molar refractivity (Wildman–Crippen MR) is 126 cm³/mol. The Labute approximate surface area is 198 Å². The molecule has 2 fully saturated rings. The molecular weight excluding hydrogens is 432 g/mol. The zero-order valence-electron chi connectivity index (χ0n) is 19.4. The van der Waals surface area contributed by atoms with Gasteiger partial charge in [0.05, 0.1) is 18.4 Å². The van der Waals surface area contributed by atoms with Gasteiger partial charge in [0.25, 0.3) is 0 Å². The van der Waals surface area contributed by atoms with Crippen molar-refractivity contribution in [1.29, 1.82) is 0 Å². The maximum atomic E-state index is 13.5. The minimum Gasteiger partial charge on any atom is -0.497 e. The Balaban J connectivity index is 1.28. The first-order valence-corrected chi connectivity index (χ1v) is 11.6. The quantitative estimate of drug-likeness (QED) is 0.594. The molecule has 1 aliphatic carbocycles. The molecule has 5 rings (SSSR count). The Morgan fingerprint density at radius 2 is 1.85 bits per heavy atom. The zero-order chi connectivity index (χ0) is 23.7. The topological polar surface area (TPSA) is 97.6 Å². The van der Waals surface area contributed by atoms with Crippen LogP contribution in [-0.2, 0) is 15.0 Å². The van der Waals surface area contributed by atoms with Crippen molar-refractivity contribution in [2.24, 2.45) is 0 Å². The normalized spacial score (nSPS) is 18.9. The molecule has 2 aromatic carbocycles. The fraction of sp³-hybridized carbons (Fsp3) is 0.385. The van der Waals surface area contributed by atoms with E-state index in [1.54, 1.807) is 7.11 Å². The van der Waals surface area contributed by atoms with Gasteiger partial charge >= 0.3 is 0 Å². The number of methoxy groups -OCH3 is 1. The molecule has 2 heterocycles. The molecule has 1 N–H and O–H groups in total. The van der Waals surface area contributed by atoms with E-state index in [9.17, 15) is 9.59 Å². The Bertz CT molecular complexity index is 1180. The highest BCUT2D eigenvalue weighted by atomic mass is 16.5. The van der Waals surface area contributed by atoms with E-state index in [1.165, 1.54) is 6.92 Å². The highest BCUT2D eigenvalue weighted by molar-refractivity contribution is 5.91. The number of ether oxygens (including phenoxy) is 1. The van der Waals surface area contributed by atoms with Gasteiger partial charge in [-0.15, -0.1) is 0 Å². The molecule has 1 saturated heterocycles. The van der Waals surface area contributed by atoms with Crippen molar-refractivity contribution in [2.75, 3.05) is 25.5 Å². The largest absolute Gasteiger partial charge is 0.497 e. The van der Waals surface area contributed by atoms with Crippen molar-refractivity contribution in [3.05, 3.63) is 60.0 Å². The second-order valence-corrected chi connectivity index (χ2v) is 9.12. The lowest BCUT2D eigenvalue weighted by atomic mass is 9.91. The number of hydrogen-bond acceptors (Lipinski definition) is 6. The molecular formula is C26H28N4O4. The number of amides is 2. The van der Waals surface area contributed by atoms with E-state index in [2.05, 4.69) is 15.5 Å². The van der Waals surface area contributed by atoms with E-state index < -0.39 is 5.41 Å². The number of hydrogen-bond donors (Lipinski definition) is 1. The van der Waals surface area contributed by atoms with Crippen LogP contribution in [0.2, 0.25) is 0 Å². The number of benzene rings is 2. The third kappa shape index (κ3) is 4.27. The lowest BCUT2D eigenvalue weighted by Crippen LogP contribution is -2.44. The fourth-order valence-electron chi connectivity index (χ4n) is 4.75. The van der Waals surface area contributed by atoms with Gasteiger partial charge in [-0.3, -0.25) is 9.59 Å². The summed E-state index contributed by atoms with van der Waals surface area (Å²) in [6, 6.07) is 15.2. The van der Waals surface area contributed by atoms with E-state index in [-0.39, 0.29) is 17.7 Å². The Morgan fingerprint density at radius 3 is 2.50 bits per heavy atom. The molecule has 3 aromatic rings. The second kappa shape index (κ2) is 8.93. The Morgan fingerprint density at radius 1 is 1.12 bits per heavy atom. The highest BCUT2D eigenvalue weighted by Gasteiger charge is 2.53.